The van der Waals surface area contributed by atoms with Gasteiger partial charge in [-0.1, -0.05) is 32.0 Å². The molecule has 0 spiro atoms. The number of fused-ring (bicyclic) bond motifs is 1. The van der Waals surface area contributed by atoms with Crippen molar-refractivity contribution in [3.63, 3.8) is 0 Å². The summed E-state index contributed by atoms with van der Waals surface area (Å²) >= 11 is 0. The van der Waals surface area contributed by atoms with Crippen LogP contribution in [0.15, 0.2) is 36.5 Å². The predicted molar refractivity (Wildman–Crippen MR) is 73.3 cm³/mol. The minimum Gasteiger partial charge on any atom is -0.385 e. The molecule has 94 valence electrons. The van der Waals surface area contributed by atoms with Crippen molar-refractivity contribution in [3.8, 4) is 0 Å². The van der Waals surface area contributed by atoms with Gasteiger partial charge in [0, 0.05) is 11.6 Å². The van der Waals surface area contributed by atoms with Crippen molar-refractivity contribution in [2.24, 2.45) is 5.41 Å². The van der Waals surface area contributed by atoms with Crippen molar-refractivity contribution in [1.29, 1.82) is 0 Å². The van der Waals surface area contributed by atoms with Crippen molar-refractivity contribution >= 4 is 10.9 Å². The summed E-state index contributed by atoms with van der Waals surface area (Å²) < 4.78 is 0. The average Bonchev–Trinajstić information content (AvgIpc) is 2.64. The van der Waals surface area contributed by atoms with Gasteiger partial charge >= 0.3 is 0 Å². The van der Waals surface area contributed by atoms with Crippen LogP contribution in [0, 0.1) is 5.41 Å². The average molecular weight is 241 g/mol. The Hall–Kier alpha value is -1.41. The second kappa shape index (κ2) is 3.79. The van der Waals surface area contributed by atoms with Gasteiger partial charge in [0.2, 0.25) is 0 Å². The summed E-state index contributed by atoms with van der Waals surface area (Å²) in [5.74, 6) is 0. The van der Waals surface area contributed by atoms with E-state index in [0.29, 0.717) is 0 Å². The van der Waals surface area contributed by atoms with Gasteiger partial charge in [0.1, 0.15) is 0 Å². The van der Waals surface area contributed by atoms with Gasteiger partial charge in [0.05, 0.1) is 11.1 Å². The Morgan fingerprint density at radius 3 is 2.67 bits per heavy atom. The molecule has 0 aliphatic heterocycles. The Bertz CT molecular complexity index is 585. The Kier molecular flexibility index (Phi) is 2.46. The number of pyridine rings is 1. The van der Waals surface area contributed by atoms with Crippen LogP contribution >= 0.6 is 0 Å². The Morgan fingerprint density at radius 2 is 1.94 bits per heavy atom. The third kappa shape index (κ3) is 1.49. The third-order valence-electron chi connectivity index (χ3n) is 4.55. The number of rotatable bonds is 1. The van der Waals surface area contributed by atoms with Gasteiger partial charge in [-0.2, -0.15) is 0 Å². The molecule has 1 fully saturated rings. The lowest BCUT2D eigenvalue weighted by atomic mass is 9.72. The molecule has 1 atom stereocenters. The van der Waals surface area contributed by atoms with Gasteiger partial charge < -0.3 is 5.11 Å². The highest BCUT2D eigenvalue weighted by Crippen LogP contribution is 2.53. The van der Waals surface area contributed by atoms with Crippen molar-refractivity contribution in [1.82, 2.24) is 4.98 Å². The predicted octanol–water partition coefficient (Wildman–Crippen LogP) is 3.63. The zero-order valence-corrected chi connectivity index (χ0v) is 11.0. The van der Waals surface area contributed by atoms with Crippen molar-refractivity contribution in [3.05, 3.63) is 42.1 Å². The molecule has 0 saturated heterocycles. The van der Waals surface area contributed by atoms with E-state index in [1.165, 1.54) is 0 Å². The summed E-state index contributed by atoms with van der Waals surface area (Å²) in [6.07, 6.45) is 4.80. The van der Waals surface area contributed by atoms with E-state index in [9.17, 15) is 5.11 Å². The normalized spacial score (nSPS) is 26.6. The van der Waals surface area contributed by atoms with Crippen LogP contribution in [0.4, 0.5) is 0 Å². The fraction of sp³-hybridized carbons (Fsp3) is 0.438. The van der Waals surface area contributed by atoms with Crippen LogP contribution in [0.25, 0.3) is 10.9 Å². The van der Waals surface area contributed by atoms with Crippen LogP contribution in [0.3, 0.4) is 0 Å². The van der Waals surface area contributed by atoms with Crippen molar-refractivity contribution in [2.75, 3.05) is 0 Å². The SMILES string of the molecule is CC1(C)CCCC1(O)c1cccc2ncccc12. The molecule has 2 heteroatoms. The second-order valence-electron chi connectivity index (χ2n) is 5.97. The van der Waals surface area contributed by atoms with Crippen LogP contribution in [-0.2, 0) is 5.60 Å². The third-order valence-corrected chi connectivity index (χ3v) is 4.55. The summed E-state index contributed by atoms with van der Waals surface area (Å²) in [6, 6.07) is 10.1. The molecule has 1 aliphatic rings. The Labute approximate surface area is 108 Å². The molecule has 0 bridgehead atoms. The smallest absolute Gasteiger partial charge is 0.0953 e. The van der Waals surface area contributed by atoms with E-state index in [4.69, 9.17) is 0 Å². The monoisotopic (exact) mass is 241 g/mol. The lowest BCUT2D eigenvalue weighted by molar-refractivity contribution is -0.0472. The number of nitrogens with zero attached hydrogens (tertiary/aromatic N) is 1. The zero-order valence-electron chi connectivity index (χ0n) is 11.0. The van der Waals surface area contributed by atoms with Gasteiger partial charge in [-0.05, 0) is 42.4 Å². The fourth-order valence-corrected chi connectivity index (χ4v) is 3.29. The minimum atomic E-state index is -0.727. The van der Waals surface area contributed by atoms with Crippen molar-refractivity contribution in [2.45, 2.75) is 38.7 Å². The molecule has 1 unspecified atom stereocenters. The zero-order chi connectivity index (χ0) is 12.8. The maximum absolute atomic E-state index is 11.2. The topological polar surface area (TPSA) is 33.1 Å². The van der Waals surface area contributed by atoms with Gasteiger partial charge in [-0.25, -0.2) is 0 Å². The van der Waals surface area contributed by atoms with Crippen LogP contribution in [0.2, 0.25) is 0 Å². The summed E-state index contributed by atoms with van der Waals surface area (Å²) in [4.78, 5) is 4.38. The van der Waals surface area contributed by atoms with E-state index in [1.807, 2.05) is 18.2 Å². The number of aromatic nitrogens is 1. The molecule has 0 radical (unpaired) electrons. The maximum Gasteiger partial charge on any atom is 0.0953 e. The van der Waals surface area contributed by atoms with Crippen molar-refractivity contribution < 1.29 is 5.11 Å². The number of benzene rings is 1. The van der Waals surface area contributed by atoms with Crippen LogP contribution < -0.4 is 0 Å². The molecule has 1 saturated carbocycles. The van der Waals surface area contributed by atoms with Gasteiger partial charge in [-0.3, -0.25) is 4.98 Å². The first-order valence-electron chi connectivity index (χ1n) is 6.61. The van der Waals surface area contributed by atoms with E-state index >= 15 is 0 Å². The van der Waals surface area contributed by atoms with Crippen LogP contribution in [0.5, 0.6) is 0 Å². The summed E-state index contributed by atoms with van der Waals surface area (Å²) in [6.45, 7) is 4.32. The van der Waals surface area contributed by atoms with Gasteiger partial charge in [0.15, 0.2) is 0 Å². The highest BCUT2D eigenvalue weighted by molar-refractivity contribution is 5.83. The van der Waals surface area contributed by atoms with E-state index in [-0.39, 0.29) is 5.41 Å². The molecule has 1 aliphatic carbocycles. The first kappa shape index (κ1) is 11.7. The lowest BCUT2D eigenvalue weighted by Crippen LogP contribution is -2.37. The summed E-state index contributed by atoms with van der Waals surface area (Å²) in [5.41, 5.74) is 1.20. The molecular weight excluding hydrogens is 222 g/mol. The molecule has 2 nitrogen and oxygen atoms in total. The van der Waals surface area contributed by atoms with E-state index in [1.54, 1.807) is 6.20 Å². The number of hydrogen-bond donors (Lipinski definition) is 1. The fourth-order valence-electron chi connectivity index (χ4n) is 3.29. The van der Waals surface area contributed by atoms with E-state index in [0.717, 1.165) is 35.7 Å². The molecule has 18 heavy (non-hydrogen) atoms. The molecular formula is C16H19NO. The summed E-state index contributed by atoms with van der Waals surface area (Å²) in [7, 11) is 0. The Morgan fingerprint density at radius 1 is 1.11 bits per heavy atom. The molecule has 2 aromatic rings. The molecule has 1 aromatic heterocycles. The summed E-state index contributed by atoms with van der Waals surface area (Å²) in [5, 5.41) is 12.2. The largest absolute Gasteiger partial charge is 0.385 e. The van der Waals surface area contributed by atoms with E-state index < -0.39 is 5.60 Å². The lowest BCUT2D eigenvalue weighted by Gasteiger charge is -2.38. The molecule has 1 heterocycles. The minimum absolute atomic E-state index is 0.0723. The van der Waals surface area contributed by atoms with Gasteiger partial charge in [-0.15, -0.1) is 0 Å². The molecule has 1 aromatic carbocycles. The highest BCUT2D eigenvalue weighted by atomic mass is 16.3. The molecule has 1 N–H and O–H groups in total. The molecule has 3 rings (SSSR count). The quantitative estimate of drug-likeness (QED) is 0.827. The first-order valence-corrected chi connectivity index (χ1v) is 6.61. The standard InChI is InChI=1S/C16H19NO/c1-15(2)9-5-10-16(15,18)13-7-3-8-14-12(13)6-4-11-17-14/h3-4,6-8,11,18H,5,9-10H2,1-2H3. The van der Waals surface area contributed by atoms with E-state index in [2.05, 4.69) is 31.0 Å². The second-order valence-corrected chi connectivity index (χ2v) is 5.97. The highest BCUT2D eigenvalue weighted by Gasteiger charge is 2.49. The first-order chi connectivity index (χ1) is 8.55. The Balaban J connectivity index is 2.26. The molecule has 0 amide bonds. The van der Waals surface area contributed by atoms with Crippen LogP contribution in [-0.4, -0.2) is 10.1 Å². The number of hydrogen-bond acceptors (Lipinski definition) is 2. The van der Waals surface area contributed by atoms with Gasteiger partial charge in [0.25, 0.3) is 0 Å². The maximum atomic E-state index is 11.2. The van der Waals surface area contributed by atoms with Crippen LogP contribution in [0.1, 0.15) is 38.7 Å². The number of aliphatic hydroxyl groups is 1.